The number of aryl methyl sites for hydroxylation is 1. The molecular weight excluding hydrogens is 347 g/mol. The lowest BCUT2D eigenvalue weighted by Crippen LogP contribution is -2.34. The number of nitrogens with zero attached hydrogens (tertiary/aromatic N) is 2. The summed E-state index contributed by atoms with van der Waals surface area (Å²) in [7, 11) is 0. The van der Waals surface area contributed by atoms with E-state index in [0.717, 1.165) is 42.9 Å². The number of hydrogen-bond donors (Lipinski definition) is 1. The zero-order chi connectivity index (χ0) is 18.0. The van der Waals surface area contributed by atoms with E-state index in [-0.39, 0.29) is 16.8 Å². The summed E-state index contributed by atoms with van der Waals surface area (Å²) in [5.41, 5.74) is 0.625. The Morgan fingerprint density at radius 3 is 2.96 bits per heavy atom. The van der Waals surface area contributed by atoms with Gasteiger partial charge in [-0.2, -0.15) is 0 Å². The molecule has 132 valence electrons. The maximum atomic E-state index is 13.8. The van der Waals surface area contributed by atoms with E-state index in [2.05, 4.69) is 9.88 Å². The third-order valence-electron chi connectivity index (χ3n) is 4.25. The van der Waals surface area contributed by atoms with Crippen molar-refractivity contribution in [2.75, 3.05) is 18.1 Å². The van der Waals surface area contributed by atoms with Crippen molar-refractivity contribution in [3.8, 4) is 5.75 Å². The SMILES string of the molecule is Cc1ccc(N2CCC[C@@H]2COc2cc(F)c(C(=O)O)cc2Cl)nc1. The average Bonchev–Trinajstić information content (AvgIpc) is 3.04. The summed E-state index contributed by atoms with van der Waals surface area (Å²) < 4.78 is 19.5. The zero-order valence-electron chi connectivity index (χ0n) is 13.7. The minimum atomic E-state index is -1.36. The molecule has 0 bridgehead atoms. The van der Waals surface area contributed by atoms with Gasteiger partial charge in [0.1, 0.15) is 24.0 Å². The number of rotatable bonds is 5. The molecule has 0 aliphatic carbocycles. The summed E-state index contributed by atoms with van der Waals surface area (Å²) in [6.45, 7) is 3.18. The second kappa shape index (κ2) is 7.27. The maximum absolute atomic E-state index is 13.8. The van der Waals surface area contributed by atoms with E-state index < -0.39 is 17.3 Å². The summed E-state index contributed by atoms with van der Waals surface area (Å²) in [6, 6.07) is 6.18. The topological polar surface area (TPSA) is 62.7 Å². The first-order valence-electron chi connectivity index (χ1n) is 8.00. The van der Waals surface area contributed by atoms with Crippen LogP contribution in [0.25, 0.3) is 0 Å². The molecule has 1 atom stereocenters. The highest BCUT2D eigenvalue weighted by Gasteiger charge is 2.26. The van der Waals surface area contributed by atoms with E-state index in [1.54, 1.807) is 0 Å². The second-order valence-corrected chi connectivity index (χ2v) is 6.47. The molecule has 1 aliphatic heterocycles. The summed E-state index contributed by atoms with van der Waals surface area (Å²) >= 11 is 6.02. The van der Waals surface area contributed by atoms with Gasteiger partial charge in [-0.15, -0.1) is 0 Å². The molecule has 0 spiro atoms. The summed E-state index contributed by atoms with van der Waals surface area (Å²) in [5.74, 6) is -1.20. The van der Waals surface area contributed by atoms with Crippen molar-refractivity contribution in [1.82, 2.24) is 4.98 Å². The van der Waals surface area contributed by atoms with E-state index in [9.17, 15) is 9.18 Å². The van der Waals surface area contributed by atoms with Gasteiger partial charge in [-0.05, 0) is 37.5 Å². The Morgan fingerprint density at radius 1 is 1.48 bits per heavy atom. The van der Waals surface area contributed by atoms with Gasteiger partial charge in [-0.25, -0.2) is 14.2 Å². The third-order valence-corrected chi connectivity index (χ3v) is 4.55. The van der Waals surface area contributed by atoms with E-state index in [0.29, 0.717) is 6.61 Å². The summed E-state index contributed by atoms with van der Waals surface area (Å²) in [5, 5.41) is 8.99. The van der Waals surface area contributed by atoms with Gasteiger partial charge >= 0.3 is 5.97 Å². The summed E-state index contributed by atoms with van der Waals surface area (Å²) in [6.07, 6.45) is 3.77. The molecule has 2 heterocycles. The predicted octanol–water partition coefficient (Wildman–Crippen LogP) is 3.93. The van der Waals surface area contributed by atoms with Crippen molar-refractivity contribution >= 4 is 23.4 Å². The van der Waals surface area contributed by atoms with Crippen LogP contribution >= 0.6 is 11.6 Å². The molecule has 0 unspecified atom stereocenters. The molecule has 0 amide bonds. The van der Waals surface area contributed by atoms with Crippen LogP contribution in [-0.4, -0.2) is 35.3 Å². The Labute approximate surface area is 150 Å². The Hall–Kier alpha value is -2.34. The molecule has 5 nitrogen and oxygen atoms in total. The van der Waals surface area contributed by atoms with Crippen LogP contribution in [-0.2, 0) is 0 Å². The Kier molecular flexibility index (Phi) is 5.08. The fraction of sp³-hybridized carbons (Fsp3) is 0.333. The molecule has 0 radical (unpaired) electrons. The fourth-order valence-electron chi connectivity index (χ4n) is 2.93. The molecule has 25 heavy (non-hydrogen) atoms. The lowest BCUT2D eigenvalue weighted by Gasteiger charge is -2.26. The number of halogens is 2. The first-order chi connectivity index (χ1) is 12.0. The number of anilines is 1. The first kappa shape index (κ1) is 17.5. The minimum absolute atomic E-state index is 0.0804. The van der Waals surface area contributed by atoms with Crippen molar-refractivity contribution in [1.29, 1.82) is 0 Å². The molecule has 7 heteroatoms. The lowest BCUT2D eigenvalue weighted by atomic mass is 10.2. The largest absolute Gasteiger partial charge is 0.490 e. The van der Waals surface area contributed by atoms with Crippen LogP contribution < -0.4 is 9.64 Å². The number of pyridine rings is 1. The standard InChI is InChI=1S/C18H18ClFN2O3/c1-11-4-5-17(21-9-11)22-6-2-3-12(22)10-25-16-8-15(20)13(18(23)24)7-14(16)19/h4-5,7-9,12H,2-3,6,10H2,1H3,(H,23,24)/t12-/m1/s1. The Morgan fingerprint density at radius 2 is 2.28 bits per heavy atom. The number of carboxylic acid groups (broad SMARTS) is 1. The molecule has 1 aromatic heterocycles. The lowest BCUT2D eigenvalue weighted by molar-refractivity contribution is 0.0692. The van der Waals surface area contributed by atoms with Gasteiger partial charge < -0.3 is 14.7 Å². The van der Waals surface area contributed by atoms with Crippen molar-refractivity contribution < 1.29 is 19.0 Å². The number of ether oxygens (including phenoxy) is 1. The second-order valence-electron chi connectivity index (χ2n) is 6.06. The highest BCUT2D eigenvalue weighted by molar-refractivity contribution is 6.32. The van der Waals surface area contributed by atoms with Crippen molar-refractivity contribution in [2.24, 2.45) is 0 Å². The van der Waals surface area contributed by atoms with E-state index in [4.69, 9.17) is 21.4 Å². The van der Waals surface area contributed by atoms with E-state index in [1.807, 2.05) is 25.3 Å². The van der Waals surface area contributed by atoms with Crippen LogP contribution in [0.3, 0.4) is 0 Å². The number of carboxylic acids is 1. The molecule has 2 aromatic rings. The van der Waals surface area contributed by atoms with Crippen molar-refractivity contribution in [3.63, 3.8) is 0 Å². The molecule has 1 N–H and O–H groups in total. The van der Waals surface area contributed by atoms with Crippen LogP contribution in [0.5, 0.6) is 5.75 Å². The molecule has 1 saturated heterocycles. The van der Waals surface area contributed by atoms with Gasteiger partial charge in [0.25, 0.3) is 0 Å². The molecule has 3 rings (SSSR count). The van der Waals surface area contributed by atoms with Crippen molar-refractivity contribution in [3.05, 3.63) is 52.4 Å². The Balaban J connectivity index is 1.71. The quantitative estimate of drug-likeness (QED) is 0.871. The van der Waals surface area contributed by atoms with Crippen LogP contribution in [0.15, 0.2) is 30.5 Å². The number of benzene rings is 1. The van der Waals surface area contributed by atoms with Crippen LogP contribution in [0.4, 0.5) is 10.2 Å². The van der Waals surface area contributed by atoms with Gasteiger partial charge in [-0.1, -0.05) is 17.7 Å². The number of hydrogen-bond acceptors (Lipinski definition) is 4. The van der Waals surface area contributed by atoms with Gasteiger partial charge in [0, 0.05) is 18.8 Å². The first-order valence-corrected chi connectivity index (χ1v) is 8.38. The maximum Gasteiger partial charge on any atom is 0.338 e. The normalized spacial score (nSPS) is 16.9. The molecule has 0 saturated carbocycles. The van der Waals surface area contributed by atoms with E-state index in [1.165, 1.54) is 0 Å². The zero-order valence-corrected chi connectivity index (χ0v) is 14.5. The number of carbonyl (C=O) groups is 1. The van der Waals surface area contributed by atoms with Crippen LogP contribution in [0, 0.1) is 12.7 Å². The molecular formula is C18H18ClFN2O3. The highest BCUT2D eigenvalue weighted by atomic mass is 35.5. The number of aromatic carboxylic acids is 1. The van der Waals surface area contributed by atoms with Crippen LogP contribution in [0.1, 0.15) is 28.8 Å². The molecule has 1 aliphatic rings. The number of aromatic nitrogens is 1. The van der Waals surface area contributed by atoms with Crippen molar-refractivity contribution in [2.45, 2.75) is 25.8 Å². The van der Waals surface area contributed by atoms with Crippen LogP contribution in [0.2, 0.25) is 5.02 Å². The smallest absolute Gasteiger partial charge is 0.338 e. The average molecular weight is 365 g/mol. The van der Waals surface area contributed by atoms with Gasteiger partial charge in [0.05, 0.1) is 16.6 Å². The monoisotopic (exact) mass is 364 g/mol. The fourth-order valence-corrected chi connectivity index (χ4v) is 3.15. The molecule has 1 aromatic carbocycles. The van der Waals surface area contributed by atoms with Gasteiger partial charge in [-0.3, -0.25) is 0 Å². The summed E-state index contributed by atoms with van der Waals surface area (Å²) in [4.78, 5) is 17.5. The van der Waals surface area contributed by atoms with Gasteiger partial charge in [0.2, 0.25) is 0 Å². The Bertz CT molecular complexity index is 783. The highest BCUT2D eigenvalue weighted by Crippen LogP contribution is 2.30. The van der Waals surface area contributed by atoms with Gasteiger partial charge in [0.15, 0.2) is 0 Å². The predicted molar refractivity (Wildman–Crippen MR) is 93.2 cm³/mol. The molecule has 1 fully saturated rings. The minimum Gasteiger partial charge on any atom is -0.490 e. The third kappa shape index (κ3) is 3.85. The van der Waals surface area contributed by atoms with E-state index >= 15 is 0 Å².